The molecule has 0 spiro atoms. The number of alkyl halides is 3. The van der Waals surface area contributed by atoms with Crippen molar-refractivity contribution in [3.05, 3.63) is 17.0 Å². The van der Waals surface area contributed by atoms with Gasteiger partial charge in [0.1, 0.15) is 5.82 Å². The number of nitrogens with zero attached hydrogens (tertiary/aromatic N) is 3. The molecular formula is C10H13ClF3N3O. The van der Waals surface area contributed by atoms with Gasteiger partial charge in [0, 0.05) is 19.7 Å². The molecular weight excluding hydrogens is 271 g/mol. The number of aromatic nitrogens is 2. The smallest absolute Gasteiger partial charge is 0.389 e. The summed E-state index contributed by atoms with van der Waals surface area (Å²) < 4.78 is 37.6. The predicted octanol–water partition coefficient (Wildman–Crippen LogP) is 2.36. The number of hydrogen-bond acceptors (Lipinski definition) is 4. The molecule has 1 aromatic rings. The van der Waals surface area contributed by atoms with E-state index < -0.39 is 22.8 Å². The Labute approximate surface area is 107 Å². The fourth-order valence-corrected chi connectivity index (χ4v) is 1.59. The van der Waals surface area contributed by atoms with Gasteiger partial charge in [-0.1, -0.05) is 0 Å². The summed E-state index contributed by atoms with van der Waals surface area (Å²) in [7, 11) is 1.51. The molecule has 1 heterocycles. The maximum Gasteiger partial charge on any atom is 0.433 e. The van der Waals surface area contributed by atoms with Crippen LogP contribution in [-0.2, 0) is 6.18 Å². The summed E-state index contributed by atoms with van der Waals surface area (Å²) >= 11 is 5.46. The topological polar surface area (TPSA) is 49.2 Å². The summed E-state index contributed by atoms with van der Waals surface area (Å²) in [6.07, 6.45) is -4.59. The molecule has 4 nitrogen and oxygen atoms in total. The van der Waals surface area contributed by atoms with Crippen molar-refractivity contribution >= 4 is 17.4 Å². The summed E-state index contributed by atoms with van der Waals surface area (Å²) in [6.45, 7) is 3.19. The third-order valence-electron chi connectivity index (χ3n) is 1.99. The molecule has 0 unspecified atom stereocenters. The van der Waals surface area contributed by atoms with Crippen molar-refractivity contribution in [2.45, 2.75) is 25.6 Å². The molecule has 0 aromatic carbocycles. The normalized spacial score (nSPS) is 12.7. The highest BCUT2D eigenvalue weighted by atomic mass is 35.5. The van der Waals surface area contributed by atoms with E-state index in [0.29, 0.717) is 0 Å². The molecule has 0 aliphatic heterocycles. The maximum absolute atomic E-state index is 12.5. The monoisotopic (exact) mass is 283 g/mol. The van der Waals surface area contributed by atoms with Crippen molar-refractivity contribution in [1.82, 2.24) is 9.97 Å². The van der Waals surface area contributed by atoms with E-state index >= 15 is 0 Å². The molecule has 1 N–H and O–H groups in total. The van der Waals surface area contributed by atoms with Crippen LogP contribution >= 0.6 is 11.6 Å². The van der Waals surface area contributed by atoms with Gasteiger partial charge in [0.05, 0.1) is 5.60 Å². The first-order valence-corrected chi connectivity index (χ1v) is 5.42. The van der Waals surface area contributed by atoms with E-state index in [1.807, 2.05) is 0 Å². The minimum Gasteiger partial charge on any atom is -0.389 e. The van der Waals surface area contributed by atoms with E-state index in [9.17, 15) is 18.3 Å². The van der Waals surface area contributed by atoms with Crippen molar-refractivity contribution in [1.29, 1.82) is 0 Å². The summed E-state index contributed by atoms with van der Waals surface area (Å²) in [6, 6.07) is 0.789. The highest BCUT2D eigenvalue weighted by molar-refractivity contribution is 6.28. The lowest BCUT2D eigenvalue weighted by molar-refractivity contribution is -0.141. The fraction of sp³-hybridized carbons (Fsp3) is 0.600. The molecule has 0 aliphatic rings. The van der Waals surface area contributed by atoms with Crippen molar-refractivity contribution in [2.75, 3.05) is 18.5 Å². The van der Waals surface area contributed by atoms with Crippen molar-refractivity contribution in [2.24, 2.45) is 0 Å². The van der Waals surface area contributed by atoms with Gasteiger partial charge in [-0.3, -0.25) is 0 Å². The van der Waals surface area contributed by atoms with Crippen molar-refractivity contribution in [3.8, 4) is 0 Å². The van der Waals surface area contributed by atoms with Gasteiger partial charge in [0.15, 0.2) is 5.69 Å². The van der Waals surface area contributed by atoms with E-state index in [0.717, 1.165) is 6.07 Å². The number of likely N-dealkylation sites (N-methyl/N-ethyl adjacent to an activating group) is 1. The van der Waals surface area contributed by atoms with Gasteiger partial charge in [-0.15, -0.1) is 0 Å². The van der Waals surface area contributed by atoms with Gasteiger partial charge in [0.25, 0.3) is 0 Å². The Morgan fingerprint density at radius 1 is 1.33 bits per heavy atom. The van der Waals surface area contributed by atoms with Gasteiger partial charge in [0.2, 0.25) is 5.28 Å². The number of anilines is 1. The second-order valence-corrected chi connectivity index (χ2v) is 4.88. The minimum atomic E-state index is -4.59. The summed E-state index contributed by atoms with van der Waals surface area (Å²) in [4.78, 5) is 8.20. The number of rotatable bonds is 3. The first-order chi connectivity index (χ1) is 7.99. The minimum absolute atomic E-state index is 0.00412. The van der Waals surface area contributed by atoms with Gasteiger partial charge in [-0.2, -0.15) is 13.2 Å². The van der Waals surface area contributed by atoms with Crippen LogP contribution < -0.4 is 4.90 Å². The van der Waals surface area contributed by atoms with Gasteiger partial charge >= 0.3 is 6.18 Å². The molecule has 0 fully saturated rings. The average Bonchev–Trinajstić information content (AvgIpc) is 2.12. The lowest BCUT2D eigenvalue weighted by atomic mass is 10.1. The zero-order chi connectivity index (χ0) is 14.1. The Bertz CT molecular complexity index is 431. The van der Waals surface area contributed by atoms with Crippen LogP contribution in [0.2, 0.25) is 5.28 Å². The largest absolute Gasteiger partial charge is 0.433 e. The van der Waals surface area contributed by atoms with Crippen LogP contribution in [-0.4, -0.2) is 34.3 Å². The van der Waals surface area contributed by atoms with Crippen LogP contribution in [0.3, 0.4) is 0 Å². The Morgan fingerprint density at radius 2 is 1.89 bits per heavy atom. The Morgan fingerprint density at radius 3 is 2.33 bits per heavy atom. The second kappa shape index (κ2) is 4.89. The van der Waals surface area contributed by atoms with Gasteiger partial charge < -0.3 is 10.0 Å². The maximum atomic E-state index is 12.5. The Kier molecular flexibility index (Phi) is 4.07. The molecule has 8 heteroatoms. The predicted molar refractivity (Wildman–Crippen MR) is 61.6 cm³/mol. The molecule has 0 saturated carbocycles. The van der Waals surface area contributed by atoms with Crippen LogP contribution in [0, 0.1) is 0 Å². The summed E-state index contributed by atoms with van der Waals surface area (Å²) in [5, 5.41) is 9.12. The average molecular weight is 284 g/mol. The molecule has 0 saturated heterocycles. The quantitative estimate of drug-likeness (QED) is 0.865. The first-order valence-electron chi connectivity index (χ1n) is 5.04. The molecule has 0 atom stereocenters. The van der Waals surface area contributed by atoms with Crippen molar-refractivity contribution < 1.29 is 18.3 Å². The summed E-state index contributed by atoms with van der Waals surface area (Å²) in [5.74, 6) is 0.00412. The molecule has 102 valence electrons. The second-order valence-electron chi connectivity index (χ2n) is 4.55. The standard InChI is InChI=1S/C10H13ClF3N3O/c1-9(2,18)5-17(3)7-4-6(10(12,13)14)15-8(11)16-7/h4,18H,5H2,1-3H3. The SMILES string of the molecule is CN(CC(C)(C)O)c1cc(C(F)(F)F)nc(Cl)n1. The lowest BCUT2D eigenvalue weighted by Crippen LogP contribution is -2.36. The molecule has 0 radical (unpaired) electrons. The fourth-order valence-electron chi connectivity index (χ4n) is 1.41. The van der Waals surface area contributed by atoms with E-state index in [-0.39, 0.29) is 12.4 Å². The van der Waals surface area contributed by atoms with E-state index in [4.69, 9.17) is 11.6 Å². The highest BCUT2D eigenvalue weighted by Gasteiger charge is 2.34. The van der Waals surface area contributed by atoms with E-state index in [1.54, 1.807) is 0 Å². The van der Waals surface area contributed by atoms with Gasteiger partial charge in [-0.25, -0.2) is 9.97 Å². The van der Waals surface area contributed by atoms with Crippen LogP contribution in [0.25, 0.3) is 0 Å². The number of hydrogen-bond donors (Lipinski definition) is 1. The molecule has 1 rings (SSSR count). The molecule has 0 bridgehead atoms. The Hall–Kier alpha value is -1.08. The molecule has 0 aliphatic carbocycles. The highest BCUT2D eigenvalue weighted by Crippen LogP contribution is 2.30. The Balaban J connectivity index is 3.07. The van der Waals surface area contributed by atoms with E-state index in [1.165, 1.54) is 25.8 Å². The van der Waals surface area contributed by atoms with Crippen LogP contribution in [0.1, 0.15) is 19.5 Å². The number of halogens is 4. The molecule has 18 heavy (non-hydrogen) atoms. The zero-order valence-corrected chi connectivity index (χ0v) is 10.8. The van der Waals surface area contributed by atoms with Crippen LogP contribution in [0.15, 0.2) is 6.07 Å². The third kappa shape index (κ3) is 4.30. The third-order valence-corrected chi connectivity index (χ3v) is 2.16. The van der Waals surface area contributed by atoms with Gasteiger partial charge in [-0.05, 0) is 25.4 Å². The van der Waals surface area contributed by atoms with Crippen LogP contribution in [0.5, 0.6) is 0 Å². The molecule has 0 amide bonds. The first kappa shape index (κ1) is 15.0. The zero-order valence-electron chi connectivity index (χ0n) is 10.1. The van der Waals surface area contributed by atoms with Crippen LogP contribution in [0.4, 0.5) is 19.0 Å². The lowest BCUT2D eigenvalue weighted by Gasteiger charge is -2.26. The van der Waals surface area contributed by atoms with Crippen molar-refractivity contribution in [3.63, 3.8) is 0 Å². The molecule has 1 aromatic heterocycles. The van der Waals surface area contributed by atoms with E-state index in [2.05, 4.69) is 9.97 Å². The summed E-state index contributed by atoms with van der Waals surface area (Å²) in [5.41, 5.74) is -2.18. The number of aliphatic hydroxyl groups is 1.